The number of hydrogen-bond donors (Lipinski definition) is 1. The molecule has 0 spiro atoms. The molecule has 0 radical (unpaired) electrons. The second-order valence-corrected chi connectivity index (χ2v) is 3.33. The van der Waals surface area contributed by atoms with E-state index in [1.807, 2.05) is 6.20 Å². The van der Waals surface area contributed by atoms with Crippen LogP contribution in [0.4, 0.5) is 0 Å². The molecular formula is C12H18N2. The van der Waals surface area contributed by atoms with E-state index in [1.54, 1.807) is 6.33 Å². The zero-order valence-corrected chi connectivity index (χ0v) is 9.17. The van der Waals surface area contributed by atoms with Crippen LogP contribution >= 0.6 is 0 Å². The number of rotatable bonds is 4. The Morgan fingerprint density at radius 2 is 2.29 bits per heavy atom. The Morgan fingerprint density at radius 1 is 1.50 bits per heavy atom. The molecule has 14 heavy (non-hydrogen) atoms. The quantitative estimate of drug-likeness (QED) is 0.722. The Labute approximate surface area is 85.8 Å². The smallest absolute Gasteiger partial charge is 0.0927 e. The molecule has 0 aliphatic carbocycles. The fourth-order valence-corrected chi connectivity index (χ4v) is 1.45. The normalized spacial score (nSPS) is 13.4. The van der Waals surface area contributed by atoms with E-state index in [2.05, 4.69) is 42.9 Å². The minimum absolute atomic E-state index is 1.01. The first-order valence-electron chi connectivity index (χ1n) is 5.14. The largest absolute Gasteiger partial charge is 0.351 e. The van der Waals surface area contributed by atoms with Crippen molar-refractivity contribution in [1.82, 2.24) is 9.97 Å². The number of aromatic nitrogens is 2. The average Bonchev–Trinajstić information content (AvgIpc) is 2.67. The lowest BCUT2D eigenvalue weighted by atomic mass is 10.1. The van der Waals surface area contributed by atoms with E-state index < -0.39 is 0 Å². The summed E-state index contributed by atoms with van der Waals surface area (Å²) in [6, 6.07) is 0. The van der Waals surface area contributed by atoms with E-state index in [-0.39, 0.29) is 0 Å². The Bertz CT molecular complexity index is 318. The summed E-state index contributed by atoms with van der Waals surface area (Å²) >= 11 is 0. The van der Waals surface area contributed by atoms with Crippen LogP contribution in [0.25, 0.3) is 5.57 Å². The molecule has 0 atom stereocenters. The van der Waals surface area contributed by atoms with E-state index >= 15 is 0 Å². The molecule has 1 rings (SSSR count). The Kier molecular flexibility index (Phi) is 4.17. The van der Waals surface area contributed by atoms with Crippen LogP contribution in [0.5, 0.6) is 0 Å². The second-order valence-electron chi connectivity index (χ2n) is 3.33. The van der Waals surface area contributed by atoms with Crippen LogP contribution in [-0.4, -0.2) is 9.97 Å². The van der Waals surface area contributed by atoms with Crippen LogP contribution in [0.2, 0.25) is 0 Å². The molecular weight excluding hydrogens is 172 g/mol. The van der Waals surface area contributed by atoms with Crippen LogP contribution in [0.15, 0.2) is 30.2 Å². The maximum absolute atomic E-state index is 4.25. The Morgan fingerprint density at radius 3 is 2.79 bits per heavy atom. The fourth-order valence-electron chi connectivity index (χ4n) is 1.45. The molecule has 0 aliphatic rings. The third-order valence-corrected chi connectivity index (χ3v) is 2.14. The van der Waals surface area contributed by atoms with E-state index in [0.717, 1.165) is 18.5 Å². The van der Waals surface area contributed by atoms with Gasteiger partial charge in [-0.25, -0.2) is 4.98 Å². The number of hydrogen-bond acceptors (Lipinski definition) is 1. The summed E-state index contributed by atoms with van der Waals surface area (Å²) in [5.74, 6) is 0. The minimum Gasteiger partial charge on any atom is -0.351 e. The predicted molar refractivity (Wildman–Crippen MR) is 60.9 cm³/mol. The van der Waals surface area contributed by atoms with Gasteiger partial charge in [-0.05, 0) is 25.3 Å². The van der Waals surface area contributed by atoms with Crippen molar-refractivity contribution in [3.63, 3.8) is 0 Å². The molecule has 2 nitrogen and oxygen atoms in total. The number of imidazole rings is 1. The van der Waals surface area contributed by atoms with E-state index in [4.69, 9.17) is 0 Å². The Hall–Kier alpha value is -1.31. The van der Waals surface area contributed by atoms with Crippen molar-refractivity contribution in [3.8, 4) is 0 Å². The molecule has 0 saturated carbocycles. The molecule has 0 aromatic carbocycles. The van der Waals surface area contributed by atoms with Gasteiger partial charge in [0.15, 0.2) is 0 Å². The van der Waals surface area contributed by atoms with Crippen molar-refractivity contribution in [2.75, 3.05) is 0 Å². The van der Waals surface area contributed by atoms with Gasteiger partial charge < -0.3 is 4.98 Å². The first kappa shape index (κ1) is 10.8. The van der Waals surface area contributed by atoms with Crippen LogP contribution in [0, 0.1) is 0 Å². The first-order chi connectivity index (χ1) is 6.77. The molecule has 0 unspecified atom stereocenters. The van der Waals surface area contributed by atoms with Crippen molar-refractivity contribution >= 4 is 5.57 Å². The zero-order chi connectivity index (χ0) is 10.4. The summed E-state index contributed by atoms with van der Waals surface area (Å²) in [6.07, 6.45) is 10.2. The van der Waals surface area contributed by atoms with Gasteiger partial charge in [0.25, 0.3) is 0 Å². The molecule has 0 aliphatic heterocycles. The highest BCUT2D eigenvalue weighted by atomic mass is 14.9. The molecule has 0 bridgehead atoms. The maximum Gasteiger partial charge on any atom is 0.0927 e. The van der Waals surface area contributed by atoms with Crippen LogP contribution < -0.4 is 0 Å². The molecule has 2 heteroatoms. The summed E-state index contributed by atoms with van der Waals surface area (Å²) in [7, 11) is 0. The van der Waals surface area contributed by atoms with Crippen molar-refractivity contribution in [3.05, 3.63) is 35.9 Å². The van der Waals surface area contributed by atoms with Gasteiger partial charge >= 0.3 is 0 Å². The summed E-state index contributed by atoms with van der Waals surface area (Å²) in [6.45, 7) is 6.43. The van der Waals surface area contributed by atoms with Crippen molar-refractivity contribution in [1.29, 1.82) is 0 Å². The monoisotopic (exact) mass is 190 g/mol. The van der Waals surface area contributed by atoms with Crippen LogP contribution in [-0.2, 0) is 0 Å². The van der Waals surface area contributed by atoms with Crippen LogP contribution in [0.3, 0.4) is 0 Å². The summed E-state index contributed by atoms with van der Waals surface area (Å²) in [4.78, 5) is 7.23. The number of aromatic amines is 1. The van der Waals surface area contributed by atoms with Crippen LogP contribution in [0.1, 0.15) is 39.3 Å². The highest BCUT2D eigenvalue weighted by molar-refractivity contribution is 5.64. The highest BCUT2D eigenvalue weighted by Crippen LogP contribution is 2.17. The fraction of sp³-hybridized carbons (Fsp3) is 0.417. The van der Waals surface area contributed by atoms with Gasteiger partial charge in [-0.1, -0.05) is 31.6 Å². The van der Waals surface area contributed by atoms with E-state index in [0.29, 0.717) is 0 Å². The van der Waals surface area contributed by atoms with Gasteiger partial charge in [0, 0.05) is 6.20 Å². The van der Waals surface area contributed by atoms with Crippen molar-refractivity contribution in [2.45, 2.75) is 33.6 Å². The number of nitrogens with zero attached hydrogens (tertiary/aromatic N) is 1. The molecule has 1 heterocycles. The molecule has 1 aromatic rings. The first-order valence-corrected chi connectivity index (χ1v) is 5.14. The zero-order valence-electron chi connectivity index (χ0n) is 9.17. The minimum atomic E-state index is 1.01. The lowest BCUT2D eigenvalue weighted by Gasteiger charge is -2.00. The maximum atomic E-state index is 4.25. The Balaban J connectivity index is 2.87. The van der Waals surface area contributed by atoms with E-state index in [9.17, 15) is 0 Å². The van der Waals surface area contributed by atoms with Gasteiger partial charge in [-0.2, -0.15) is 0 Å². The number of allylic oxidation sites excluding steroid dienone is 4. The average molecular weight is 190 g/mol. The van der Waals surface area contributed by atoms with Gasteiger partial charge in [-0.15, -0.1) is 0 Å². The van der Waals surface area contributed by atoms with Gasteiger partial charge in [0.05, 0.1) is 12.0 Å². The second kappa shape index (κ2) is 5.43. The molecule has 76 valence electrons. The molecule has 1 N–H and O–H groups in total. The summed E-state index contributed by atoms with van der Waals surface area (Å²) < 4.78 is 0. The predicted octanol–water partition coefficient (Wildman–Crippen LogP) is 3.56. The summed E-state index contributed by atoms with van der Waals surface area (Å²) in [5, 5.41) is 0. The number of nitrogens with one attached hydrogen (secondary N) is 1. The molecule has 1 aromatic heterocycles. The van der Waals surface area contributed by atoms with Crippen molar-refractivity contribution < 1.29 is 0 Å². The van der Waals surface area contributed by atoms with Crippen molar-refractivity contribution in [2.24, 2.45) is 0 Å². The highest BCUT2D eigenvalue weighted by Gasteiger charge is 2.00. The van der Waals surface area contributed by atoms with Gasteiger partial charge in [0.1, 0.15) is 0 Å². The third kappa shape index (κ3) is 2.87. The number of H-pyrrole nitrogens is 1. The van der Waals surface area contributed by atoms with Gasteiger partial charge in [-0.3, -0.25) is 0 Å². The third-order valence-electron chi connectivity index (χ3n) is 2.14. The molecule has 0 amide bonds. The van der Waals surface area contributed by atoms with E-state index in [1.165, 1.54) is 11.1 Å². The molecule has 0 fully saturated rings. The molecule has 0 saturated heterocycles. The summed E-state index contributed by atoms with van der Waals surface area (Å²) in [5.41, 5.74) is 3.65. The van der Waals surface area contributed by atoms with Gasteiger partial charge in [0.2, 0.25) is 0 Å². The SMILES string of the molecule is CC/C=C(C)/C=C(\CC)c1c[nH]cn1. The standard InChI is InChI=1S/C12H18N2/c1-4-6-10(3)7-11(5-2)12-8-13-9-14-12/h6-9H,4-5H2,1-3H3,(H,13,14)/b10-6+,11-7+. The topological polar surface area (TPSA) is 28.7 Å². The lowest BCUT2D eigenvalue weighted by molar-refractivity contribution is 1.17. The lowest BCUT2D eigenvalue weighted by Crippen LogP contribution is -1.83.